The molecule has 0 unspecified atom stereocenters. The topological polar surface area (TPSA) is 84.0 Å². The number of methoxy groups -OCH3 is 2. The molecule has 0 N–H and O–H groups in total. The van der Waals surface area contributed by atoms with E-state index in [1.165, 1.54) is 26.4 Å². The summed E-state index contributed by atoms with van der Waals surface area (Å²) in [4.78, 5) is 29.9. The number of halogens is 3. The summed E-state index contributed by atoms with van der Waals surface area (Å²) in [6.07, 6.45) is 0. The molecule has 0 spiro atoms. The molecule has 0 atom stereocenters. The van der Waals surface area contributed by atoms with Gasteiger partial charge < -0.3 is 18.9 Å². The van der Waals surface area contributed by atoms with Crippen LogP contribution in [0.3, 0.4) is 0 Å². The third-order valence-electron chi connectivity index (χ3n) is 5.36. The fourth-order valence-corrected chi connectivity index (χ4v) is 4.55. The Hall–Kier alpha value is -3.17. The maximum atomic E-state index is 14.3. The molecule has 0 saturated carbocycles. The van der Waals surface area contributed by atoms with E-state index in [9.17, 15) is 14.0 Å². The van der Waals surface area contributed by atoms with Crippen molar-refractivity contribution in [1.29, 1.82) is 0 Å². The predicted molar refractivity (Wildman–Crippen MR) is 136 cm³/mol. The van der Waals surface area contributed by atoms with E-state index in [4.69, 9.17) is 30.5 Å². The van der Waals surface area contributed by atoms with Crippen LogP contribution in [0, 0.1) is 19.7 Å². The number of rotatable bonds is 8. The van der Waals surface area contributed by atoms with E-state index in [2.05, 4.69) is 20.9 Å². The third-order valence-corrected chi connectivity index (χ3v) is 6.30. The number of benzene rings is 2. The Labute approximate surface area is 221 Å². The van der Waals surface area contributed by atoms with Gasteiger partial charge in [0.2, 0.25) is 0 Å². The fraction of sp³-hybridized carbons (Fsp3) is 0.269. The highest BCUT2D eigenvalue weighted by molar-refractivity contribution is 9.10. The van der Waals surface area contributed by atoms with Crippen LogP contribution in [0.2, 0.25) is 5.02 Å². The summed E-state index contributed by atoms with van der Waals surface area (Å²) < 4.78 is 36.4. The van der Waals surface area contributed by atoms with Crippen LogP contribution in [-0.2, 0) is 16.1 Å². The number of carbonyl (C=O) groups is 2. The summed E-state index contributed by atoms with van der Waals surface area (Å²) in [5.41, 5.74) is 1.92. The quantitative estimate of drug-likeness (QED) is 0.282. The summed E-state index contributed by atoms with van der Waals surface area (Å²) in [5.74, 6) is -1.23. The highest BCUT2D eigenvalue weighted by Gasteiger charge is 2.28. The number of ether oxygens (including phenoxy) is 4. The van der Waals surface area contributed by atoms with E-state index >= 15 is 0 Å². The van der Waals surface area contributed by atoms with Gasteiger partial charge in [-0.15, -0.1) is 0 Å². The number of nitrogens with zero attached hydrogens (tertiary/aromatic N) is 1. The molecule has 0 amide bonds. The van der Waals surface area contributed by atoms with Crippen LogP contribution in [0.25, 0.3) is 11.1 Å². The summed E-state index contributed by atoms with van der Waals surface area (Å²) in [6, 6.07) is 7.66. The van der Waals surface area contributed by atoms with E-state index in [0.717, 1.165) is 0 Å². The fourth-order valence-electron chi connectivity index (χ4n) is 3.77. The minimum absolute atomic E-state index is 0.115. The van der Waals surface area contributed by atoms with E-state index in [-0.39, 0.29) is 40.5 Å². The summed E-state index contributed by atoms with van der Waals surface area (Å²) >= 11 is 9.63. The van der Waals surface area contributed by atoms with Crippen LogP contribution in [-0.4, -0.2) is 37.7 Å². The number of aryl methyl sites for hydroxylation is 2. The van der Waals surface area contributed by atoms with E-state index in [1.54, 1.807) is 39.0 Å². The van der Waals surface area contributed by atoms with Crippen molar-refractivity contribution in [3.8, 4) is 22.6 Å². The lowest BCUT2D eigenvalue weighted by atomic mass is 9.92. The minimum Gasteiger partial charge on any atom is -0.490 e. The monoisotopic (exact) mass is 579 g/mol. The summed E-state index contributed by atoms with van der Waals surface area (Å²) in [5, 5.41) is 0.230. The highest BCUT2D eigenvalue weighted by Crippen LogP contribution is 2.43. The summed E-state index contributed by atoms with van der Waals surface area (Å²) in [7, 11) is 2.49. The van der Waals surface area contributed by atoms with Gasteiger partial charge in [-0.05, 0) is 66.5 Å². The first-order chi connectivity index (χ1) is 17.1. The van der Waals surface area contributed by atoms with Crippen LogP contribution in [0.1, 0.15) is 44.6 Å². The van der Waals surface area contributed by atoms with Crippen LogP contribution in [0.15, 0.2) is 34.8 Å². The molecular formula is C26H24BrClFNO6. The van der Waals surface area contributed by atoms with Gasteiger partial charge in [0.1, 0.15) is 12.4 Å². The van der Waals surface area contributed by atoms with Crippen molar-refractivity contribution in [1.82, 2.24) is 4.98 Å². The Balaban J connectivity index is 2.23. The van der Waals surface area contributed by atoms with Gasteiger partial charge in [0.05, 0.1) is 52.8 Å². The first-order valence-corrected chi connectivity index (χ1v) is 12.0. The van der Waals surface area contributed by atoms with Crippen LogP contribution in [0.4, 0.5) is 4.39 Å². The largest absolute Gasteiger partial charge is 0.490 e. The van der Waals surface area contributed by atoms with Crippen LogP contribution < -0.4 is 9.47 Å². The molecule has 0 aliphatic rings. The first kappa shape index (κ1) is 27.4. The summed E-state index contributed by atoms with van der Waals surface area (Å²) in [6.45, 7) is 5.22. The predicted octanol–water partition coefficient (Wildman–Crippen LogP) is 6.47. The lowest BCUT2D eigenvalue weighted by Crippen LogP contribution is -2.16. The highest BCUT2D eigenvalue weighted by atomic mass is 79.9. The lowest BCUT2D eigenvalue weighted by molar-refractivity contribution is 0.0599. The Kier molecular flexibility index (Phi) is 8.92. The van der Waals surface area contributed by atoms with Gasteiger partial charge in [0.15, 0.2) is 11.5 Å². The average molecular weight is 581 g/mol. The normalized spacial score (nSPS) is 10.7. The van der Waals surface area contributed by atoms with Gasteiger partial charge in [0, 0.05) is 11.1 Å². The number of pyridine rings is 1. The van der Waals surface area contributed by atoms with Crippen LogP contribution >= 0.6 is 27.5 Å². The second kappa shape index (κ2) is 11.7. The van der Waals surface area contributed by atoms with Gasteiger partial charge in [-0.3, -0.25) is 4.98 Å². The molecule has 3 aromatic rings. The SMILES string of the molecule is CCOc1cc(-c2c(C(=O)OC)c(C)nc(C)c2C(=O)OC)cc(Br)c1OCc1c(F)cccc1Cl. The molecule has 2 aromatic carbocycles. The van der Waals surface area contributed by atoms with Crippen molar-refractivity contribution in [3.63, 3.8) is 0 Å². The maximum absolute atomic E-state index is 14.3. The Morgan fingerprint density at radius 3 is 2.17 bits per heavy atom. The first-order valence-electron chi connectivity index (χ1n) is 10.8. The lowest BCUT2D eigenvalue weighted by Gasteiger charge is -2.20. The molecule has 1 heterocycles. The molecule has 7 nitrogen and oxygen atoms in total. The molecule has 0 bridgehead atoms. The molecule has 36 heavy (non-hydrogen) atoms. The Bertz CT molecular complexity index is 1270. The van der Waals surface area contributed by atoms with Crippen molar-refractivity contribution in [2.45, 2.75) is 27.4 Å². The second-order valence-electron chi connectivity index (χ2n) is 7.60. The van der Waals surface area contributed by atoms with Gasteiger partial charge in [-0.1, -0.05) is 17.7 Å². The zero-order valence-corrected chi connectivity index (χ0v) is 22.7. The average Bonchev–Trinajstić information content (AvgIpc) is 2.83. The number of esters is 2. The molecule has 0 aliphatic heterocycles. The Morgan fingerprint density at radius 2 is 1.64 bits per heavy atom. The molecule has 0 saturated heterocycles. The zero-order chi connectivity index (χ0) is 26.6. The molecule has 0 radical (unpaired) electrons. The molecule has 3 rings (SSSR count). The number of hydrogen-bond acceptors (Lipinski definition) is 7. The van der Waals surface area contributed by atoms with Crippen LogP contribution in [0.5, 0.6) is 11.5 Å². The molecular weight excluding hydrogens is 557 g/mol. The minimum atomic E-state index is -0.663. The van der Waals surface area contributed by atoms with Crippen molar-refractivity contribution < 1.29 is 32.9 Å². The second-order valence-corrected chi connectivity index (χ2v) is 8.86. The Morgan fingerprint density at radius 1 is 1.03 bits per heavy atom. The smallest absolute Gasteiger partial charge is 0.340 e. The molecule has 10 heteroatoms. The van der Waals surface area contributed by atoms with Gasteiger partial charge in [-0.2, -0.15) is 0 Å². The van der Waals surface area contributed by atoms with Crippen molar-refractivity contribution in [2.75, 3.05) is 20.8 Å². The van der Waals surface area contributed by atoms with E-state index < -0.39 is 17.8 Å². The third kappa shape index (κ3) is 5.47. The van der Waals surface area contributed by atoms with E-state index in [0.29, 0.717) is 32.9 Å². The van der Waals surface area contributed by atoms with Gasteiger partial charge >= 0.3 is 11.9 Å². The van der Waals surface area contributed by atoms with Gasteiger partial charge in [0.25, 0.3) is 0 Å². The molecule has 0 aliphatic carbocycles. The van der Waals surface area contributed by atoms with Crippen molar-refractivity contribution in [3.05, 3.63) is 73.7 Å². The zero-order valence-electron chi connectivity index (χ0n) is 20.3. The number of carbonyl (C=O) groups excluding carboxylic acids is 2. The maximum Gasteiger partial charge on any atom is 0.340 e. The van der Waals surface area contributed by atoms with Crippen molar-refractivity contribution >= 4 is 39.5 Å². The molecule has 190 valence electrons. The number of aromatic nitrogens is 1. The molecule has 1 aromatic heterocycles. The van der Waals surface area contributed by atoms with Gasteiger partial charge in [-0.25, -0.2) is 14.0 Å². The van der Waals surface area contributed by atoms with E-state index in [1.807, 2.05) is 0 Å². The molecule has 0 fully saturated rings. The number of hydrogen-bond donors (Lipinski definition) is 0. The standard InChI is InChI=1S/C26H24BrClFNO6/c1-6-35-20-11-15(10-17(27)24(20)36-12-16-18(28)8-7-9-19(16)29)23-21(25(31)33-4)13(2)30-14(3)22(23)26(32)34-5/h7-11H,6,12H2,1-5H3. The van der Waals surface area contributed by atoms with Crippen molar-refractivity contribution in [2.24, 2.45) is 0 Å².